The molecule has 0 aliphatic carbocycles. The number of fused-ring (bicyclic) bond motifs is 2. The molecule has 1 atom stereocenters. The molecule has 0 N–H and O–H groups in total. The molecule has 0 radical (unpaired) electrons. The number of nitrogens with zero attached hydrogens (tertiary/aromatic N) is 3. The highest BCUT2D eigenvalue weighted by atomic mass is 32.2. The molecule has 6 heteroatoms. The number of amides is 1. The molecule has 0 saturated carbocycles. The van der Waals surface area contributed by atoms with Crippen LogP contribution >= 0.6 is 23.1 Å². The Bertz CT molecular complexity index is 1010. The van der Waals surface area contributed by atoms with Crippen LogP contribution in [0.4, 0.5) is 5.69 Å². The quantitative estimate of drug-likeness (QED) is 0.486. The summed E-state index contributed by atoms with van der Waals surface area (Å²) in [6, 6.07) is 8.18. The van der Waals surface area contributed by atoms with Crippen LogP contribution in [-0.4, -0.2) is 27.7 Å². The number of thiophene rings is 1. The van der Waals surface area contributed by atoms with E-state index in [0.29, 0.717) is 0 Å². The van der Waals surface area contributed by atoms with Crippen molar-refractivity contribution >= 4 is 44.9 Å². The summed E-state index contributed by atoms with van der Waals surface area (Å²) in [5.41, 5.74) is 3.53. The average Bonchev–Trinajstić information content (AvgIpc) is 3.15. The average molecular weight is 384 g/mol. The molecule has 1 amide bonds. The third-order valence-electron chi connectivity index (χ3n) is 4.90. The fraction of sp³-hybridized carbons (Fsp3) is 0.350. The molecule has 1 aliphatic heterocycles. The smallest absolute Gasteiger partial charge is 0.240 e. The van der Waals surface area contributed by atoms with Gasteiger partial charge in [0.1, 0.15) is 15.7 Å². The number of benzene rings is 1. The van der Waals surface area contributed by atoms with Gasteiger partial charge < -0.3 is 4.90 Å². The van der Waals surface area contributed by atoms with Crippen molar-refractivity contribution in [1.29, 1.82) is 0 Å². The van der Waals surface area contributed by atoms with Gasteiger partial charge in [0.2, 0.25) is 5.91 Å². The summed E-state index contributed by atoms with van der Waals surface area (Å²) in [5, 5.41) is 1.82. The molecule has 0 bridgehead atoms. The molecule has 1 aromatic carbocycles. The molecule has 26 heavy (non-hydrogen) atoms. The lowest BCUT2D eigenvalue weighted by molar-refractivity contribution is -0.117. The maximum atomic E-state index is 13.1. The summed E-state index contributed by atoms with van der Waals surface area (Å²) in [7, 11) is 0. The van der Waals surface area contributed by atoms with Crippen LogP contribution in [0.3, 0.4) is 0 Å². The van der Waals surface area contributed by atoms with Crippen LogP contribution in [0.2, 0.25) is 0 Å². The van der Waals surface area contributed by atoms with E-state index in [1.165, 1.54) is 16.0 Å². The van der Waals surface area contributed by atoms with Crippen molar-refractivity contribution in [1.82, 2.24) is 9.97 Å². The molecule has 4 nitrogen and oxygen atoms in total. The third-order valence-corrected chi connectivity index (χ3v) is 7.07. The van der Waals surface area contributed by atoms with Gasteiger partial charge in [-0.3, -0.25) is 4.79 Å². The highest BCUT2D eigenvalue weighted by molar-refractivity contribution is 8.00. The minimum Gasteiger partial charge on any atom is -0.311 e. The normalized spacial score (nSPS) is 14.7. The Hall–Kier alpha value is -1.92. The van der Waals surface area contributed by atoms with E-state index < -0.39 is 0 Å². The van der Waals surface area contributed by atoms with E-state index in [1.54, 1.807) is 23.1 Å². The highest BCUT2D eigenvalue weighted by Crippen LogP contribution is 2.37. The lowest BCUT2D eigenvalue weighted by Crippen LogP contribution is -2.35. The fourth-order valence-corrected chi connectivity index (χ4v) is 5.66. The molecule has 134 valence electrons. The van der Waals surface area contributed by atoms with Crippen molar-refractivity contribution < 1.29 is 4.79 Å². The van der Waals surface area contributed by atoms with E-state index in [1.807, 2.05) is 36.9 Å². The van der Waals surface area contributed by atoms with E-state index >= 15 is 0 Å². The van der Waals surface area contributed by atoms with Gasteiger partial charge in [-0.1, -0.05) is 30.0 Å². The first-order valence-electron chi connectivity index (χ1n) is 8.76. The van der Waals surface area contributed by atoms with Crippen molar-refractivity contribution in [2.75, 3.05) is 11.4 Å². The SMILES string of the molecule is Cc1nc(S[C@@H](C)C(=O)N2CCc3ccccc32)c2c(C)c(C)sc2n1. The van der Waals surface area contributed by atoms with Crippen LogP contribution in [0, 0.1) is 20.8 Å². The Morgan fingerprint density at radius 2 is 2.00 bits per heavy atom. The monoisotopic (exact) mass is 383 g/mol. The molecular formula is C20H21N3OS2. The first-order valence-corrected chi connectivity index (χ1v) is 10.5. The zero-order valence-electron chi connectivity index (χ0n) is 15.4. The lowest BCUT2D eigenvalue weighted by atomic mass is 10.2. The maximum Gasteiger partial charge on any atom is 0.240 e. The van der Waals surface area contributed by atoms with Crippen molar-refractivity contribution in [2.24, 2.45) is 0 Å². The van der Waals surface area contributed by atoms with E-state index in [4.69, 9.17) is 0 Å². The van der Waals surface area contributed by atoms with Gasteiger partial charge in [0, 0.05) is 22.5 Å². The number of rotatable bonds is 3. The zero-order valence-corrected chi connectivity index (χ0v) is 17.0. The number of aryl methyl sites for hydroxylation is 3. The van der Waals surface area contributed by atoms with Gasteiger partial charge in [-0.2, -0.15) is 0 Å². The molecule has 2 aromatic heterocycles. The number of aromatic nitrogens is 2. The number of hydrogen-bond acceptors (Lipinski definition) is 5. The molecule has 4 rings (SSSR count). The van der Waals surface area contributed by atoms with Crippen LogP contribution in [0.25, 0.3) is 10.2 Å². The van der Waals surface area contributed by atoms with Crippen LogP contribution in [-0.2, 0) is 11.2 Å². The molecule has 3 aromatic rings. The van der Waals surface area contributed by atoms with Crippen LogP contribution in [0.5, 0.6) is 0 Å². The Kier molecular flexibility index (Phi) is 4.49. The number of hydrogen-bond donors (Lipinski definition) is 0. The van der Waals surface area contributed by atoms with Gasteiger partial charge in [0.15, 0.2) is 0 Å². The third kappa shape index (κ3) is 2.91. The second-order valence-corrected chi connectivity index (χ2v) is 9.20. The fourth-order valence-electron chi connectivity index (χ4n) is 3.40. The number of anilines is 1. The predicted octanol–water partition coefficient (Wildman–Crippen LogP) is 4.69. The topological polar surface area (TPSA) is 46.1 Å². The van der Waals surface area contributed by atoms with Gasteiger partial charge in [0.25, 0.3) is 0 Å². The minimum atomic E-state index is -0.196. The Morgan fingerprint density at radius 3 is 2.81 bits per heavy atom. The van der Waals surface area contributed by atoms with E-state index in [0.717, 1.165) is 39.7 Å². The van der Waals surface area contributed by atoms with Gasteiger partial charge in [-0.15, -0.1) is 11.3 Å². The van der Waals surface area contributed by atoms with Crippen LogP contribution in [0.15, 0.2) is 29.3 Å². The Labute approximate surface area is 161 Å². The number of thioether (sulfide) groups is 1. The molecular weight excluding hydrogens is 362 g/mol. The number of carbonyl (C=O) groups is 1. The number of para-hydroxylation sites is 1. The first kappa shape index (κ1) is 17.5. The van der Waals surface area contributed by atoms with Crippen molar-refractivity contribution in [2.45, 2.75) is 44.4 Å². The molecule has 1 aliphatic rings. The standard InChI is InChI=1S/C20H21N3OS2/c1-11-12(2)25-18-17(11)19(22-14(4)21-18)26-13(3)20(24)23-10-9-15-7-5-6-8-16(15)23/h5-8,13H,9-10H2,1-4H3/t13-/m0/s1. The van der Waals surface area contributed by atoms with Crippen LogP contribution < -0.4 is 4.90 Å². The van der Waals surface area contributed by atoms with Gasteiger partial charge >= 0.3 is 0 Å². The van der Waals surface area contributed by atoms with Gasteiger partial charge in [-0.05, 0) is 51.3 Å². The largest absolute Gasteiger partial charge is 0.311 e. The van der Waals surface area contributed by atoms with Crippen molar-refractivity contribution in [3.05, 3.63) is 46.1 Å². The first-order chi connectivity index (χ1) is 12.5. The van der Waals surface area contributed by atoms with Gasteiger partial charge in [0.05, 0.1) is 5.25 Å². The summed E-state index contributed by atoms with van der Waals surface area (Å²) in [5.74, 6) is 0.904. The van der Waals surface area contributed by atoms with E-state index in [-0.39, 0.29) is 11.2 Å². The van der Waals surface area contributed by atoms with Gasteiger partial charge in [-0.25, -0.2) is 9.97 Å². The summed E-state index contributed by atoms with van der Waals surface area (Å²) in [6.07, 6.45) is 0.930. The predicted molar refractivity (Wildman–Crippen MR) is 109 cm³/mol. The lowest BCUT2D eigenvalue weighted by Gasteiger charge is -2.21. The van der Waals surface area contributed by atoms with Crippen molar-refractivity contribution in [3.8, 4) is 0 Å². The van der Waals surface area contributed by atoms with E-state index in [9.17, 15) is 4.79 Å². The summed E-state index contributed by atoms with van der Waals surface area (Å²) >= 11 is 3.25. The molecule has 0 spiro atoms. The van der Waals surface area contributed by atoms with E-state index in [2.05, 4.69) is 29.9 Å². The summed E-state index contributed by atoms with van der Waals surface area (Å²) < 4.78 is 0. The minimum absolute atomic E-state index is 0.147. The zero-order chi connectivity index (χ0) is 18.4. The molecule has 0 fully saturated rings. The van der Waals surface area contributed by atoms with Crippen LogP contribution in [0.1, 0.15) is 28.8 Å². The second kappa shape index (κ2) is 6.67. The molecule has 0 unspecified atom stereocenters. The maximum absolute atomic E-state index is 13.1. The summed E-state index contributed by atoms with van der Waals surface area (Å²) in [4.78, 5) is 26.5. The molecule has 0 saturated heterocycles. The number of carbonyl (C=O) groups excluding carboxylic acids is 1. The highest BCUT2D eigenvalue weighted by Gasteiger charge is 2.29. The Morgan fingerprint density at radius 1 is 1.23 bits per heavy atom. The molecule has 3 heterocycles. The second-order valence-electron chi connectivity index (χ2n) is 6.67. The Balaban J connectivity index is 1.64. The summed E-state index contributed by atoms with van der Waals surface area (Å²) in [6.45, 7) is 8.88. The van der Waals surface area contributed by atoms with Crippen molar-refractivity contribution in [3.63, 3.8) is 0 Å².